The van der Waals surface area contributed by atoms with Crippen molar-refractivity contribution in [1.82, 2.24) is 10.2 Å². The summed E-state index contributed by atoms with van der Waals surface area (Å²) in [4.78, 5) is 36.9. The highest BCUT2D eigenvalue weighted by Gasteiger charge is 2.31. The Bertz CT molecular complexity index is 571. The molecule has 1 unspecified atom stereocenters. The number of carbonyl (C=O) groups is 3. The Balaban J connectivity index is 2.11. The van der Waals surface area contributed by atoms with Crippen LogP contribution in [0.4, 0.5) is 10.5 Å². The van der Waals surface area contributed by atoms with Crippen LogP contribution in [0.15, 0.2) is 24.3 Å². The Morgan fingerprint density at radius 1 is 1.43 bits per heavy atom. The molecule has 6 heteroatoms. The Morgan fingerprint density at radius 3 is 2.86 bits per heavy atom. The third-order valence-electron chi connectivity index (χ3n) is 3.50. The van der Waals surface area contributed by atoms with E-state index in [1.165, 1.54) is 11.8 Å². The normalized spacial score (nSPS) is 18.1. The summed E-state index contributed by atoms with van der Waals surface area (Å²) >= 11 is 0. The van der Waals surface area contributed by atoms with Crippen molar-refractivity contribution >= 4 is 23.4 Å². The van der Waals surface area contributed by atoms with Gasteiger partial charge in [-0.05, 0) is 25.5 Å². The molecule has 1 aliphatic rings. The zero-order valence-electron chi connectivity index (χ0n) is 12.2. The van der Waals surface area contributed by atoms with Gasteiger partial charge in [0.2, 0.25) is 5.91 Å². The Kier molecular flexibility index (Phi) is 4.57. The summed E-state index contributed by atoms with van der Waals surface area (Å²) in [6.45, 7) is 4.27. The van der Waals surface area contributed by atoms with Crippen molar-refractivity contribution < 1.29 is 14.4 Å². The number of benzene rings is 1. The number of nitrogens with zero attached hydrogens (tertiary/aromatic N) is 1. The van der Waals surface area contributed by atoms with Gasteiger partial charge in [0.25, 0.3) is 0 Å². The third-order valence-corrected chi connectivity index (χ3v) is 3.50. The number of nitrogens with one attached hydrogen (secondary N) is 2. The maximum atomic E-state index is 12.3. The summed E-state index contributed by atoms with van der Waals surface area (Å²) in [5.74, 6) is -0.189. The molecule has 21 heavy (non-hydrogen) atoms. The van der Waals surface area contributed by atoms with Gasteiger partial charge in [-0.2, -0.15) is 0 Å². The van der Waals surface area contributed by atoms with Gasteiger partial charge in [0.15, 0.2) is 5.78 Å². The topological polar surface area (TPSA) is 78.5 Å². The van der Waals surface area contributed by atoms with Crippen molar-refractivity contribution in [1.29, 1.82) is 0 Å². The number of piperazine rings is 1. The number of rotatable bonds is 3. The Hall–Kier alpha value is -2.37. The predicted octanol–water partition coefficient (Wildman–Crippen LogP) is 1.63. The van der Waals surface area contributed by atoms with E-state index in [4.69, 9.17) is 0 Å². The molecule has 2 N–H and O–H groups in total. The smallest absolute Gasteiger partial charge is 0.322 e. The van der Waals surface area contributed by atoms with Crippen molar-refractivity contribution in [2.45, 2.75) is 26.3 Å². The number of hydrogen-bond acceptors (Lipinski definition) is 3. The quantitative estimate of drug-likeness (QED) is 0.830. The summed E-state index contributed by atoms with van der Waals surface area (Å²) in [5.41, 5.74) is 1.09. The van der Waals surface area contributed by atoms with Crippen molar-refractivity contribution in [2.75, 3.05) is 18.4 Å². The summed E-state index contributed by atoms with van der Waals surface area (Å²) in [6.07, 6.45) is 0.562. The summed E-state index contributed by atoms with van der Waals surface area (Å²) in [7, 11) is 0. The molecule has 1 atom stereocenters. The van der Waals surface area contributed by atoms with Crippen molar-refractivity contribution in [2.24, 2.45) is 0 Å². The van der Waals surface area contributed by atoms with Gasteiger partial charge in [-0.3, -0.25) is 9.59 Å². The molecule has 1 saturated heterocycles. The molecule has 3 amide bonds. The van der Waals surface area contributed by atoms with Crippen molar-refractivity contribution in [3.05, 3.63) is 29.8 Å². The molecule has 2 rings (SSSR count). The minimum atomic E-state index is -0.449. The fourth-order valence-electron chi connectivity index (χ4n) is 2.37. The van der Waals surface area contributed by atoms with E-state index in [-0.39, 0.29) is 17.7 Å². The number of anilines is 1. The highest BCUT2D eigenvalue weighted by atomic mass is 16.2. The SMILES string of the molecule is CCC1C(=O)NCCN1C(=O)Nc1cccc(C(C)=O)c1. The van der Waals surface area contributed by atoms with Gasteiger partial charge in [0.1, 0.15) is 6.04 Å². The second-order valence-electron chi connectivity index (χ2n) is 4.98. The van der Waals surface area contributed by atoms with Gasteiger partial charge in [0, 0.05) is 24.3 Å². The van der Waals surface area contributed by atoms with Gasteiger partial charge in [-0.15, -0.1) is 0 Å². The molecule has 1 aromatic rings. The van der Waals surface area contributed by atoms with Crippen LogP contribution in [0.3, 0.4) is 0 Å². The van der Waals surface area contributed by atoms with E-state index >= 15 is 0 Å². The molecule has 0 aliphatic carbocycles. The third kappa shape index (κ3) is 3.39. The lowest BCUT2D eigenvalue weighted by Crippen LogP contribution is -2.57. The van der Waals surface area contributed by atoms with Gasteiger partial charge < -0.3 is 15.5 Å². The molecule has 0 aromatic heterocycles. The van der Waals surface area contributed by atoms with Crippen LogP contribution in [0.25, 0.3) is 0 Å². The predicted molar refractivity (Wildman–Crippen MR) is 79.3 cm³/mol. The first kappa shape index (κ1) is 15.0. The molecule has 1 heterocycles. The van der Waals surface area contributed by atoms with E-state index in [1.54, 1.807) is 24.3 Å². The number of carbonyl (C=O) groups excluding carboxylic acids is 3. The highest BCUT2D eigenvalue weighted by Crippen LogP contribution is 2.15. The number of amides is 3. The standard InChI is InChI=1S/C15H19N3O3/c1-3-13-14(20)16-7-8-18(13)15(21)17-12-6-4-5-11(9-12)10(2)19/h4-6,9,13H,3,7-8H2,1-2H3,(H,16,20)(H,17,21). The second-order valence-corrected chi connectivity index (χ2v) is 4.98. The van der Waals surface area contributed by atoms with E-state index in [9.17, 15) is 14.4 Å². The molecule has 1 aliphatic heterocycles. The number of urea groups is 1. The van der Waals surface area contributed by atoms with Crippen LogP contribution in [0.5, 0.6) is 0 Å². The van der Waals surface area contributed by atoms with Crippen LogP contribution in [-0.2, 0) is 4.79 Å². The lowest BCUT2D eigenvalue weighted by molar-refractivity contribution is -0.127. The molecular formula is C15H19N3O3. The molecular weight excluding hydrogens is 270 g/mol. The van der Waals surface area contributed by atoms with E-state index in [0.29, 0.717) is 30.8 Å². The molecule has 1 aromatic carbocycles. The Morgan fingerprint density at radius 2 is 2.19 bits per heavy atom. The minimum Gasteiger partial charge on any atom is -0.353 e. The molecule has 1 fully saturated rings. The number of Topliss-reactive ketones (excluding diaryl/α,β-unsaturated/α-hetero) is 1. The summed E-state index contributed by atoms with van der Waals surface area (Å²) in [6, 6.07) is 5.99. The summed E-state index contributed by atoms with van der Waals surface area (Å²) < 4.78 is 0. The van der Waals surface area contributed by atoms with Gasteiger partial charge in [0.05, 0.1) is 0 Å². The van der Waals surface area contributed by atoms with Crippen molar-refractivity contribution in [3.8, 4) is 0 Å². The monoisotopic (exact) mass is 289 g/mol. The lowest BCUT2D eigenvalue weighted by Gasteiger charge is -2.34. The van der Waals surface area contributed by atoms with E-state index in [2.05, 4.69) is 10.6 Å². The van der Waals surface area contributed by atoms with E-state index < -0.39 is 6.04 Å². The van der Waals surface area contributed by atoms with E-state index in [1.807, 2.05) is 6.92 Å². The average molecular weight is 289 g/mol. The lowest BCUT2D eigenvalue weighted by atomic mass is 10.1. The maximum absolute atomic E-state index is 12.3. The summed E-state index contributed by atoms with van der Waals surface area (Å²) in [5, 5.41) is 5.50. The van der Waals surface area contributed by atoms with Crippen LogP contribution in [-0.4, -0.2) is 41.8 Å². The second kappa shape index (κ2) is 6.39. The van der Waals surface area contributed by atoms with Crippen LogP contribution in [0, 0.1) is 0 Å². The molecule has 112 valence electrons. The van der Waals surface area contributed by atoms with Crippen LogP contribution >= 0.6 is 0 Å². The van der Waals surface area contributed by atoms with Crippen LogP contribution in [0.2, 0.25) is 0 Å². The van der Waals surface area contributed by atoms with Gasteiger partial charge in [-0.25, -0.2) is 4.79 Å². The molecule has 0 bridgehead atoms. The van der Waals surface area contributed by atoms with Crippen molar-refractivity contribution in [3.63, 3.8) is 0 Å². The minimum absolute atomic E-state index is 0.0603. The van der Waals surface area contributed by atoms with E-state index in [0.717, 1.165) is 0 Å². The maximum Gasteiger partial charge on any atom is 0.322 e. The van der Waals surface area contributed by atoms with Crippen LogP contribution < -0.4 is 10.6 Å². The average Bonchev–Trinajstić information content (AvgIpc) is 2.47. The van der Waals surface area contributed by atoms with Gasteiger partial charge >= 0.3 is 6.03 Å². The largest absolute Gasteiger partial charge is 0.353 e. The molecule has 6 nitrogen and oxygen atoms in total. The zero-order chi connectivity index (χ0) is 15.4. The first-order chi connectivity index (χ1) is 10.0. The fraction of sp³-hybridized carbons (Fsp3) is 0.400. The number of ketones is 1. The zero-order valence-corrected chi connectivity index (χ0v) is 12.2. The first-order valence-electron chi connectivity index (χ1n) is 6.99. The highest BCUT2D eigenvalue weighted by molar-refractivity contribution is 5.98. The number of hydrogen-bond donors (Lipinski definition) is 2. The Labute approximate surface area is 123 Å². The van der Waals surface area contributed by atoms with Gasteiger partial charge in [-0.1, -0.05) is 19.1 Å². The van der Waals surface area contributed by atoms with Crippen LogP contribution in [0.1, 0.15) is 30.6 Å². The first-order valence-corrected chi connectivity index (χ1v) is 6.99. The molecule has 0 radical (unpaired) electrons. The molecule has 0 spiro atoms. The molecule has 0 saturated carbocycles. The fourth-order valence-corrected chi connectivity index (χ4v) is 2.37.